The highest BCUT2D eigenvalue weighted by molar-refractivity contribution is 5.78. The molecule has 1 unspecified atom stereocenters. The second kappa shape index (κ2) is 4.85. The van der Waals surface area contributed by atoms with Crippen molar-refractivity contribution in [2.75, 3.05) is 20.1 Å². The highest BCUT2D eigenvalue weighted by atomic mass is 16.5. The summed E-state index contributed by atoms with van der Waals surface area (Å²) in [5.74, 6) is -0.863. The summed E-state index contributed by atoms with van der Waals surface area (Å²) in [5.41, 5.74) is -0.0346. The van der Waals surface area contributed by atoms with Gasteiger partial charge in [-0.25, -0.2) is 4.79 Å². The van der Waals surface area contributed by atoms with Gasteiger partial charge in [0, 0.05) is 19.5 Å². The molecule has 2 rings (SSSR count). The van der Waals surface area contributed by atoms with Crippen LogP contribution in [0.5, 0.6) is 0 Å². The van der Waals surface area contributed by atoms with Gasteiger partial charge in [-0.05, 0) is 12.6 Å². The third kappa shape index (κ3) is 2.65. The molecule has 0 bridgehead atoms. The van der Waals surface area contributed by atoms with E-state index in [-0.39, 0.29) is 0 Å². The number of ether oxygens (including phenoxy) is 1. The highest BCUT2D eigenvalue weighted by Gasteiger charge is 2.44. The summed E-state index contributed by atoms with van der Waals surface area (Å²) in [6.07, 6.45) is 0.547. The first-order valence-electron chi connectivity index (χ1n) is 5.72. The van der Waals surface area contributed by atoms with E-state index in [9.17, 15) is 9.90 Å². The Morgan fingerprint density at radius 1 is 1.47 bits per heavy atom. The van der Waals surface area contributed by atoms with Gasteiger partial charge in [-0.3, -0.25) is 0 Å². The first-order chi connectivity index (χ1) is 8.12. The number of hydrogen-bond acceptors (Lipinski definition) is 3. The van der Waals surface area contributed by atoms with Crippen molar-refractivity contribution in [3.8, 4) is 0 Å². The van der Waals surface area contributed by atoms with Crippen LogP contribution in [0.25, 0.3) is 0 Å². The Morgan fingerprint density at radius 2 is 2.18 bits per heavy atom. The van der Waals surface area contributed by atoms with Crippen LogP contribution in [-0.4, -0.2) is 41.7 Å². The Kier molecular flexibility index (Phi) is 3.45. The Balaban J connectivity index is 2.03. The van der Waals surface area contributed by atoms with Crippen molar-refractivity contribution in [3.05, 3.63) is 35.9 Å². The first-order valence-corrected chi connectivity index (χ1v) is 5.72. The standard InChI is InChI=1S/C13H17NO3/c1-14-8-7-13(10-14,12(15)16)17-9-11-5-3-2-4-6-11/h2-6H,7-10H2,1H3,(H,15,16). The van der Waals surface area contributed by atoms with Gasteiger partial charge in [0.15, 0.2) is 5.60 Å². The number of carboxylic acid groups (broad SMARTS) is 1. The lowest BCUT2D eigenvalue weighted by atomic mass is 10.0. The fourth-order valence-corrected chi connectivity index (χ4v) is 2.12. The van der Waals surface area contributed by atoms with Crippen LogP contribution in [0.3, 0.4) is 0 Å². The second-order valence-corrected chi connectivity index (χ2v) is 4.56. The summed E-state index contributed by atoms with van der Waals surface area (Å²) in [6, 6.07) is 9.65. The van der Waals surface area contributed by atoms with E-state index in [0.29, 0.717) is 19.6 Å². The second-order valence-electron chi connectivity index (χ2n) is 4.56. The van der Waals surface area contributed by atoms with Crippen LogP contribution >= 0.6 is 0 Å². The van der Waals surface area contributed by atoms with E-state index in [1.165, 1.54) is 0 Å². The lowest BCUT2D eigenvalue weighted by molar-refractivity contribution is -0.165. The van der Waals surface area contributed by atoms with Crippen molar-refractivity contribution in [2.24, 2.45) is 0 Å². The van der Waals surface area contributed by atoms with Crippen molar-refractivity contribution in [2.45, 2.75) is 18.6 Å². The van der Waals surface area contributed by atoms with Gasteiger partial charge in [0.2, 0.25) is 0 Å². The molecule has 4 nitrogen and oxygen atoms in total. The number of aliphatic carboxylic acids is 1. The average Bonchev–Trinajstić information content (AvgIpc) is 2.71. The zero-order valence-corrected chi connectivity index (χ0v) is 9.93. The maximum Gasteiger partial charge on any atom is 0.337 e. The number of nitrogens with zero attached hydrogens (tertiary/aromatic N) is 1. The zero-order valence-electron chi connectivity index (χ0n) is 9.93. The number of carboxylic acids is 1. The zero-order chi connectivity index (χ0) is 12.3. The van der Waals surface area contributed by atoms with Gasteiger partial charge in [-0.2, -0.15) is 0 Å². The van der Waals surface area contributed by atoms with Gasteiger partial charge < -0.3 is 14.7 Å². The van der Waals surface area contributed by atoms with Crippen LogP contribution in [0, 0.1) is 0 Å². The monoisotopic (exact) mass is 235 g/mol. The van der Waals surface area contributed by atoms with Crippen LogP contribution in [0.4, 0.5) is 0 Å². The fourth-order valence-electron chi connectivity index (χ4n) is 2.12. The molecular formula is C13H17NO3. The van der Waals surface area contributed by atoms with E-state index < -0.39 is 11.6 Å². The van der Waals surface area contributed by atoms with Crippen LogP contribution < -0.4 is 0 Å². The van der Waals surface area contributed by atoms with Crippen LogP contribution in [0.1, 0.15) is 12.0 Å². The van der Waals surface area contributed by atoms with Crippen LogP contribution in [0.2, 0.25) is 0 Å². The molecule has 1 atom stereocenters. The molecule has 17 heavy (non-hydrogen) atoms. The predicted molar refractivity (Wildman–Crippen MR) is 63.7 cm³/mol. The fraction of sp³-hybridized carbons (Fsp3) is 0.462. The minimum atomic E-state index is -1.04. The van der Waals surface area contributed by atoms with Crippen molar-refractivity contribution < 1.29 is 14.6 Å². The summed E-state index contributed by atoms with van der Waals surface area (Å²) in [6.45, 7) is 1.57. The normalized spacial score (nSPS) is 25.0. The van der Waals surface area contributed by atoms with Crippen molar-refractivity contribution in [1.82, 2.24) is 4.90 Å². The molecule has 0 aliphatic carbocycles. The largest absolute Gasteiger partial charge is 0.479 e. The smallest absolute Gasteiger partial charge is 0.337 e. The molecule has 1 heterocycles. The molecular weight excluding hydrogens is 218 g/mol. The maximum absolute atomic E-state index is 11.3. The van der Waals surface area contributed by atoms with E-state index >= 15 is 0 Å². The van der Waals surface area contributed by atoms with Gasteiger partial charge >= 0.3 is 5.97 Å². The van der Waals surface area contributed by atoms with E-state index in [0.717, 1.165) is 12.1 Å². The summed E-state index contributed by atoms with van der Waals surface area (Å²) in [4.78, 5) is 13.3. The Labute approximate surface area is 101 Å². The molecule has 0 aromatic heterocycles. The van der Waals surface area contributed by atoms with E-state index in [2.05, 4.69) is 0 Å². The molecule has 1 saturated heterocycles. The number of carbonyl (C=O) groups is 1. The molecule has 0 amide bonds. The number of likely N-dealkylation sites (tertiary alicyclic amines) is 1. The van der Waals surface area contributed by atoms with Crippen molar-refractivity contribution >= 4 is 5.97 Å². The van der Waals surface area contributed by atoms with Gasteiger partial charge in [-0.1, -0.05) is 30.3 Å². The molecule has 1 aromatic rings. The SMILES string of the molecule is CN1CCC(OCc2ccccc2)(C(=O)O)C1. The van der Waals surface area contributed by atoms with Crippen LogP contribution in [0.15, 0.2) is 30.3 Å². The number of likely N-dealkylation sites (N-methyl/N-ethyl adjacent to an activating group) is 1. The average molecular weight is 235 g/mol. The van der Waals surface area contributed by atoms with E-state index in [4.69, 9.17) is 4.74 Å². The van der Waals surface area contributed by atoms with E-state index in [1.54, 1.807) is 0 Å². The molecule has 0 spiro atoms. The van der Waals surface area contributed by atoms with Gasteiger partial charge in [0.05, 0.1) is 6.61 Å². The third-order valence-electron chi connectivity index (χ3n) is 3.17. The molecule has 92 valence electrons. The predicted octanol–water partition coefficient (Wildman–Crippen LogP) is 1.36. The highest BCUT2D eigenvalue weighted by Crippen LogP contribution is 2.26. The number of hydrogen-bond donors (Lipinski definition) is 1. The van der Waals surface area contributed by atoms with Crippen molar-refractivity contribution in [3.63, 3.8) is 0 Å². The minimum Gasteiger partial charge on any atom is -0.479 e. The molecule has 1 aliphatic rings. The quantitative estimate of drug-likeness (QED) is 0.856. The molecule has 1 aliphatic heterocycles. The molecule has 1 fully saturated rings. The van der Waals surface area contributed by atoms with Gasteiger partial charge in [-0.15, -0.1) is 0 Å². The first kappa shape index (κ1) is 12.1. The summed E-state index contributed by atoms with van der Waals surface area (Å²) < 4.78 is 5.67. The van der Waals surface area contributed by atoms with Gasteiger partial charge in [0.1, 0.15) is 0 Å². The number of benzene rings is 1. The molecule has 0 saturated carbocycles. The third-order valence-corrected chi connectivity index (χ3v) is 3.17. The summed E-state index contributed by atoms with van der Waals surface area (Å²) >= 11 is 0. The maximum atomic E-state index is 11.3. The topological polar surface area (TPSA) is 49.8 Å². The lowest BCUT2D eigenvalue weighted by Crippen LogP contribution is -2.43. The van der Waals surface area contributed by atoms with E-state index in [1.807, 2.05) is 42.3 Å². The van der Waals surface area contributed by atoms with Gasteiger partial charge in [0.25, 0.3) is 0 Å². The molecule has 4 heteroatoms. The summed E-state index contributed by atoms with van der Waals surface area (Å²) in [5, 5.41) is 9.31. The number of rotatable bonds is 4. The molecule has 1 N–H and O–H groups in total. The minimum absolute atomic E-state index is 0.348. The Hall–Kier alpha value is -1.39. The molecule has 0 radical (unpaired) electrons. The van der Waals surface area contributed by atoms with Crippen molar-refractivity contribution in [1.29, 1.82) is 0 Å². The lowest BCUT2D eigenvalue weighted by Gasteiger charge is -2.24. The summed E-state index contributed by atoms with van der Waals surface area (Å²) in [7, 11) is 1.91. The van der Waals surface area contributed by atoms with Crippen LogP contribution in [-0.2, 0) is 16.1 Å². The Bertz CT molecular complexity index is 393. The molecule has 1 aromatic carbocycles. The Morgan fingerprint density at radius 3 is 2.71 bits per heavy atom.